The fourth-order valence-corrected chi connectivity index (χ4v) is 12.2. The van der Waals surface area contributed by atoms with Crippen LogP contribution in [-0.4, -0.2) is 110 Å². The van der Waals surface area contributed by atoms with Gasteiger partial charge in [0.1, 0.15) is 24.4 Å². The summed E-state index contributed by atoms with van der Waals surface area (Å²) in [6.07, 6.45) is -3.09. The second-order valence-corrected chi connectivity index (χ2v) is 17.6. The smallest absolute Gasteiger partial charge is 0.318 e. The second kappa shape index (κ2) is 11.7. The molecule has 0 spiro atoms. The molecule has 0 aromatic rings. The summed E-state index contributed by atoms with van der Waals surface area (Å²) < 4.78 is 11.5. The predicted octanol–water partition coefficient (Wildman–Crippen LogP) is 1.55. The lowest BCUT2D eigenvalue weighted by atomic mass is 9.33. The summed E-state index contributed by atoms with van der Waals surface area (Å²) in [5.74, 6) is -0.312. The molecular formula is C36H58O11. The summed E-state index contributed by atoms with van der Waals surface area (Å²) in [5, 5.41) is 84.3. The maximum absolute atomic E-state index is 14.4. The summed E-state index contributed by atoms with van der Waals surface area (Å²) in [5.41, 5.74) is -0.824. The summed E-state index contributed by atoms with van der Waals surface area (Å²) in [4.78, 5) is 14.4. The van der Waals surface area contributed by atoms with Crippen molar-refractivity contribution in [1.82, 2.24) is 0 Å². The van der Waals surface area contributed by atoms with Crippen molar-refractivity contribution < 1.29 is 55.1 Å². The Kier molecular flexibility index (Phi) is 8.88. The lowest BCUT2D eigenvalue weighted by Gasteiger charge is -2.71. The zero-order valence-corrected chi connectivity index (χ0v) is 28.7. The van der Waals surface area contributed by atoms with E-state index in [1.165, 1.54) is 5.57 Å². The molecule has 1 saturated heterocycles. The topological polar surface area (TPSA) is 197 Å². The van der Waals surface area contributed by atoms with Gasteiger partial charge in [-0.05, 0) is 97.7 Å². The zero-order valence-electron chi connectivity index (χ0n) is 28.7. The lowest BCUT2D eigenvalue weighted by molar-refractivity contribution is -0.295. The monoisotopic (exact) mass is 666 g/mol. The van der Waals surface area contributed by atoms with Gasteiger partial charge in [0.05, 0.1) is 30.8 Å². The van der Waals surface area contributed by atoms with Crippen LogP contribution in [0.5, 0.6) is 0 Å². The molecule has 268 valence electrons. The number of carbonyl (C=O) groups excluding carboxylic acids is 1. The van der Waals surface area contributed by atoms with Crippen LogP contribution in [0.3, 0.4) is 0 Å². The third-order valence-electron chi connectivity index (χ3n) is 15.3. The highest BCUT2D eigenvalue weighted by Crippen LogP contribution is 2.75. The van der Waals surface area contributed by atoms with Crippen LogP contribution < -0.4 is 0 Å². The van der Waals surface area contributed by atoms with Crippen LogP contribution in [-0.2, 0) is 14.3 Å². The molecule has 15 atom stereocenters. The molecule has 0 radical (unpaired) electrons. The van der Waals surface area contributed by atoms with E-state index in [1.54, 1.807) is 0 Å². The SMILES string of the molecule is C[C@]1(CO)CC[C@]2(C(=O)O[C@@H]3O[C@H](CO)[C@@H](O)[C@@H](O)[C@@H]3O)CC[C@]3(C)C(=C2C1)CCC1[C@@]2(C)C[C@@H](O)[C@H](O)[C@@](C)(CO)C2CC[C@]13C. The molecule has 4 saturated carbocycles. The van der Waals surface area contributed by atoms with Crippen molar-refractivity contribution in [1.29, 1.82) is 0 Å². The lowest BCUT2D eigenvalue weighted by Crippen LogP contribution is -2.68. The number of hydrogen-bond donors (Lipinski definition) is 8. The molecule has 11 nitrogen and oxygen atoms in total. The molecular weight excluding hydrogens is 608 g/mol. The first-order valence-corrected chi connectivity index (χ1v) is 17.7. The van der Waals surface area contributed by atoms with Crippen LogP contribution in [0.4, 0.5) is 0 Å². The average Bonchev–Trinajstić information content (AvgIpc) is 3.04. The van der Waals surface area contributed by atoms with Gasteiger partial charge in [0.2, 0.25) is 6.29 Å². The first kappa shape index (κ1) is 35.7. The number of carbonyl (C=O) groups is 1. The van der Waals surface area contributed by atoms with Gasteiger partial charge in [0, 0.05) is 12.0 Å². The minimum Gasteiger partial charge on any atom is -0.432 e. The maximum Gasteiger partial charge on any atom is 0.318 e. The van der Waals surface area contributed by atoms with E-state index in [2.05, 4.69) is 20.8 Å². The van der Waals surface area contributed by atoms with Gasteiger partial charge in [0.25, 0.3) is 0 Å². The molecule has 0 amide bonds. The van der Waals surface area contributed by atoms with E-state index in [-0.39, 0.29) is 41.3 Å². The summed E-state index contributed by atoms with van der Waals surface area (Å²) in [6.45, 7) is 10.0. The number of aliphatic hydroxyl groups is 8. The molecule has 1 heterocycles. The Morgan fingerprint density at radius 2 is 1.49 bits per heavy atom. The van der Waals surface area contributed by atoms with Gasteiger partial charge in [-0.2, -0.15) is 0 Å². The highest BCUT2D eigenvalue weighted by molar-refractivity contribution is 5.82. The Bertz CT molecular complexity index is 1270. The normalized spacial score (nSPS) is 54.5. The Balaban J connectivity index is 1.39. The minimum atomic E-state index is -1.69. The third kappa shape index (κ3) is 4.81. The number of allylic oxidation sites excluding steroid dienone is 1. The molecule has 5 fully saturated rings. The van der Waals surface area contributed by atoms with Gasteiger partial charge in [-0.15, -0.1) is 0 Å². The van der Waals surface area contributed by atoms with Crippen molar-refractivity contribution in [2.24, 2.45) is 44.3 Å². The number of fused-ring (bicyclic) bond motifs is 6. The van der Waals surface area contributed by atoms with Gasteiger partial charge in [-0.1, -0.05) is 45.8 Å². The van der Waals surface area contributed by atoms with E-state index in [0.29, 0.717) is 38.5 Å². The first-order chi connectivity index (χ1) is 21.9. The molecule has 6 aliphatic rings. The van der Waals surface area contributed by atoms with Gasteiger partial charge in [0.15, 0.2) is 0 Å². The van der Waals surface area contributed by atoms with E-state index in [4.69, 9.17) is 9.47 Å². The highest BCUT2D eigenvalue weighted by atomic mass is 16.7. The predicted molar refractivity (Wildman–Crippen MR) is 169 cm³/mol. The van der Waals surface area contributed by atoms with Crippen molar-refractivity contribution in [3.63, 3.8) is 0 Å². The minimum absolute atomic E-state index is 0.0298. The van der Waals surface area contributed by atoms with Crippen LogP contribution >= 0.6 is 0 Å². The molecule has 5 aliphatic carbocycles. The molecule has 6 rings (SSSR count). The molecule has 1 aliphatic heterocycles. The molecule has 0 bridgehead atoms. The Morgan fingerprint density at radius 3 is 2.13 bits per heavy atom. The van der Waals surface area contributed by atoms with Crippen LogP contribution in [0.1, 0.15) is 98.8 Å². The van der Waals surface area contributed by atoms with Crippen LogP contribution in [0.2, 0.25) is 0 Å². The van der Waals surface area contributed by atoms with Crippen LogP contribution in [0.25, 0.3) is 0 Å². The number of esters is 1. The number of ether oxygens (including phenoxy) is 2. The van der Waals surface area contributed by atoms with E-state index in [1.807, 2.05) is 13.8 Å². The number of aliphatic hydroxyl groups excluding tert-OH is 8. The molecule has 0 aromatic carbocycles. The second-order valence-electron chi connectivity index (χ2n) is 17.6. The Hall–Kier alpha value is -1.15. The fraction of sp³-hybridized carbons (Fsp3) is 0.917. The molecule has 8 N–H and O–H groups in total. The quantitative estimate of drug-likeness (QED) is 0.157. The summed E-state index contributed by atoms with van der Waals surface area (Å²) >= 11 is 0. The Labute approximate surface area is 278 Å². The van der Waals surface area contributed by atoms with Gasteiger partial charge in [-0.3, -0.25) is 4.79 Å². The van der Waals surface area contributed by atoms with Crippen molar-refractivity contribution in [2.75, 3.05) is 19.8 Å². The van der Waals surface area contributed by atoms with Crippen molar-refractivity contribution >= 4 is 5.97 Å². The van der Waals surface area contributed by atoms with Crippen molar-refractivity contribution in [3.05, 3.63) is 11.1 Å². The number of rotatable bonds is 5. The third-order valence-corrected chi connectivity index (χ3v) is 15.3. The maximum atomic E-state index is 14.4. The van der Waals surface area contributed by atoms with E-state index >= 15 is 0 Å². The molecule has 2 unspecified atom stereocenters. The summed E-state index contributed by atoms with van der Waals surface area (Å²) in [6, 6.07) is 0. The molecule has 47 heavy (non-hydrogen) atoms. The van der Waals surface area contributed by atoms with Gasteiger partial charge in [-0.25, -0.2) is 0 Å². The average molecular weight is 667 g/mol. The van der Waals surface area contributed by atoms with Crippen LogP contribution in [0, 0.1) is 44.3 Å². The zero-order chi connectivity index (χ0) is 34.5. The van der Waals surface area contributed by atoms with E-state index < -0.39 is 71.7 Å². The molecule has 0 aromatic heterocycles. The summed E-state index contributed by atoms with van der Waals surface area (Å²) in [7, 11) is 0. The van der Waals surface area contributed by atoms with Crippen molar-refractivity contribution in [3.8, 4) is 0 Å². The van der Waals surface area contributed by atoms with Crippen molar-refractivity contribution in [2.45, 2.75) is 142 Å². The van der Waals surface area contributed by atoms with E-state index in [0.717, 1.165) is 31.3 Å². The first-order valence-electron chi connectivity index (χ1n) is 17.7. The standard InChI is InChI=1S/C36H58O11/c1-31(17-38)10-12-36(30(45)47-29-27(43)26(42)25(41)22(16-37)46-29)13-11-34(4)19(20(36)14-31)6-7-24-32(2)15-21(40)28(44)33(3,18-39)23(32)8-9-35(24,34)5/h21-29,37-44H,6-18H2,1-5H3/t21-,22-,23?,24?,25-,26-,27+,28+,29+,31+,32+,33+,34-,35-,36+/m1/s1. The van der Waals surface area contributed by atoms with E-state index in [9.17, 15) is 45.6 Å². The fourth-order valence-electron chi connectivity index (χ4n) is 12.2. The highest BCUT2D eigenvalue weighted by Gasteiger charge is 2.70. The van der Waals surface area contributed by atoms with Crippen LogP contribution in [0.15, 0.2) is 11.1 Å². The largest absolute Gasteiger partial charge is 0.432 e. The Morgan fingerprint density at radius 1 is 0.809 bits per heavy atom. The van der Waals surface area contributed by atoms with Gasteiger partial charge < -0.3 is 50.3 Å². The number of hydrogen-bond acceptors (Lipinski definition) is 11. The van der Waals surface area contributed by atoms with Gasteiger partial charge >= 0.3 is 5.97 Å². The molecule has 11 heteroatoms.